The van der Waals surface area contributed by atoms with Gasteiger partial charge in [-0.15, -0.1) is 0 Å². The number of carboxylic acid groups (broad SMARTS) is 2. The van der Waals surface area contributed by atoms with E-state index in [1.807, 2.05) is 6.07 Å². The molecule has 6 amide bonds. The third kappa shape index (κ3) is 13.9. The van der Waals surface area contributed by atoms with Gasteiger partial charge in [-0.25, -0.2) is 4.79 Å². The fourth-order valence-electron chi connectivity index (χ4n) is 5.74. The van der Waals surface area contributed by atoms with E-state index in [1.54, 1.807) is 38.1 Å². The monoisotopic (exact) mass is 732 g/mol. The highest BCUT2D eigenvalue weighted by molar-refractivity contribution is 5.98. The summed E-state index contributed by atoms with van der Waals surface area (Å²) in [6.07, 6.45) is 0.265. The number of amides is 6. The molecule has 12 N–H and O–H groups in total. The minimum Gasteiger partial charge on any atom is -0.481 e. The lowest BCUT2D eigenvalue weighted by molar-refractivity contribution is -0.145. The first kappa shape index (κ1) is 43.1. The fourth-order valence-corrected chi connectivity index (χ4v) is 5.74. The molecule has 0 aliphatic carbocycles. The van der Waals surface area contributed by atoms with Gasteiger partial charge in [-0.1, -0.05) is 44.2 Å². The third-order valence-electron chi connectivity index (χ3n) is 8.59. The second kappa shape index (κ2) is 21.3. The predicted octanol–water partition coefficient (Wildman–Crippen LogP) is -1.90. The Hall–Kier alpha value is -5.10. The number of unbranched alkanes of at least 4 members (excludes halogenated alkanes) is 1. The Labute approximate surface area is 302 Å². The van der Waals surface area contributed by atoms with E-state index in [2.05, 4.69) is 21.3 Å². The third-order valence-corrected chi connectivity index (χ3v) is 8.59. The van der Waals surface area contributed by atoms with E-state index < -0.39 is 96.0 Å². The van der Waals surface area contributed by atoms with Gasteiger partial charge in [-0.05, 0) is 63.0 Å². The number of rotatable bonds is 22. The van der Waals surface area contributed by atoms with Crippen molar-refractivity contribution in [1.82, 2.24) is 26.2 Å². The molecule has 0 radical (unpaired) electrons. The van der Waals surface area contributed by atoms with Crippen molar-refractivity contribution >= 4 is 47.4 Å². The topological polar surface area (TPSA) is 306 Å². The van der Waals surface area contributed by atoms with Gasteiger partial charge in [0.2, 0.25) is 35.4 Å². The van der Waals surface area contributed by atoms with Crippen molar-refractivity contribution in [3.05, 3.63) is 35.9 Å². The zero-order valence-corrected chi connectivity index (χ0v) is 29.5. The van der Waals surface area contributed by atoms with Crippen molar-refractivity contribution in [3.8, 4) is 0 Å². The maximum absolute atomic E-state index is 13.8. The molecule has 52 heavy (non-hydrogen) atoms. The van der Waals surface area contributed by atoms with Crippen LogP contribution in [-0.4, -0.2) is 112 Å². The van der Waals surface area contributed by atoms with Crippen LogP contribution < -0.4 is 38.5 Å². The minimum absolute atomic E-state index is 0.0717. The van der Waals surface area contributed by atoms with Gasteiger partial charge in [0.15, 0.2) is 0 Å². The number of benzene rings is 1. The zero-order chi connectivity index (χ0) is 39.0. The summed E-state index contributed by atoms with van der Waals surface area (Å²) in [5, 5.41) is 29.0. The van der Waals surface area contributed by atoms with Gasteiger partial charge in [-0.2, -0.15) is 0 Å². The summed E-state index contributed by atoms with van der Waals surface area (Å²) in [6, 6.07) is 1.20. The number of nitrogens with two attached hydrogens (primary N) is 3. The highest BCUT2D eigenvalue weighted by Crippen LogP contribution is 2.20. The number of hydrogen-bond acceptors (Lipinski definition) is 10. The van der Waals surface area contributed by atoms with Crippen LogP contribution in [0.1, 0.15) is 70.8 Å². The first-order valence-electron chi connectivity index (χ1n) is 17.3. The molecule has 1 aliphatic heterocycles. The van der Waals surface area contributed by atoms with Gasteiger partial charge in [0.1, 0.15) is 30.2 Å². The number of nitrogens with zero attached hydrogens (tertiary/aromatic N) is 1. The van der Waals surface area contributed by atoms with Crippen LogP contribution in [0.5, 0.6) is 0 Å². The summed E-state index contributed by atoms with van der Waals surface area (Å²) >= 11 is 0. The number of carbonyl (C=O) groups is 8. The molecule has 18 heteroatoms. The summed E-state index contributed by atoms with van der Waals surface area (Å²) < 4.78 is 0. The lowest BCUT2D eigenvalue weighted by Gasteiger charge is -2.30. The number of hydrogen-bond donors (Lipinski definition) is 9. The van der Waals surface area contributed by atoms with Gasteiger partial charge in [0.25, 0.3) is 0 Å². The van der Waals surface area contributed by atoms with Crippen LogP contribution in [0, 0.1) is 5.92 Å². The molecule has 1 aromatic rings. The quantitative estimate of drug-likeness (QED) is 0.0591. The SMILES string of the molecule is CC(C)[C@H](NC(=O)[C@@H](N)Cc1ccccc1)C(=O)N[C@@H](CC(=O)O)C(=O)N[C@@H](CCC(N)=O)C(=O)N1CCC[C@H]1C(=O)N[C@@H](CCCCN)C(=O)O. The van der Waals surface area contributed by atoms with Crippen LogP contribution in [-0.2, 0) is 44.8 Å². The molecule has 0 unspecified atom stereocenters. The molecule has 18 nitrogen and oxygen atoms in total. The van der Waals surface area contributed by atoms with E-state index in [0.717, 1.165) is 10.5 Å². The Bertz CT molecular complexity index is 1430. The first-order valence-corrected chi connectivity index (χ1v) is 17.3. The number of primary amides is 1. The van der Waals surface area contributed by atoms with Gasteiger partial charge in [0, 0.05) is 13.0 Å². The Morgan fingerprint density at radius 3 is 2.08 bits per heavy atom. The molecule has 1 heterocycles. The van der Waals surface area contributed by atoms with Crippen LogP contribution in [0.3, 0.4) is 0 Å². The van der Waals surface area contributed by atoms with Crippen molar-refractivity contribution in [2.24, 2.45) is 23.1 Å². The average molecular weight is 733 g/mol. The number of nitrogens with one attached hydrogen (secondary N) is 4. The van der Waals surface area contributed by atoms with Crippen molar-refractivity contribution in [2.45, 2.75) is 108 Å². The Morgan fingerprint density at radius 1 is 0.846 bits per heavy atom. The Balaban J connectivity index is 2.22. The van der Waals surface area contributed by atoms with Crippen LogP contribution in [0.25, 0.3) is 0 Å². The van der Waals surface area contributed by atoms with Crippen molar-refractivity contribution in [3.63, 3.8) is 0 Å². The van der Waals surface area contributed by atoms with Crippen molar-refractivity contribution in [1.29, 1.82) is 0 Å². The van der Waals surface area contributed by atoms with E-state index >= 15 is 0 Å². The normalized spacial score (nSPS) is 16.9. The van der Waals surface area contributed by atoms with E-state index in [0.29, 0.717) is 25.8 Å². The molecule has 6 atom stereocenters. The first-order chi connectivity index (χ1) is 24.5. The number of aliphatic carboxylic acids is 2. The summed E-state index contributed by atoms with van der Waals surface area (Å²) in [5.74, 6) is -8.17. The Kier molecular flexibility index (Phi) is 17.6. The molecular formula is C34H52N8O10. The Morgan fingerprint density at radius 2 is 1.50 bits per heavy atom. The molecule has 288 valence electrons. The summed E-state index contributed by atoms with van der Waals surface area (Å²) in [5.41, 5.74) is 17.7. The summed E-state index contributed by atoms with van der Waals surface area (Å²) in [4.78, 5) is 103. The number of carbonyl (C=O) groups excluding carboxylic acids is 6. The average Bonchev–Trinajstić information content (AvgIpc) is 3.58. The molecule has 0 bridgehead atoms. The van der Waals surface area contributed by atoms with E-state index in [1.165, 1.54) is 0 Å². The van der Waals surface area contributed by atoms with Crippen molar-refractivity contribution in [2.75, 3.05) is 13.1 Å². The maximum Gasteiger partial charge on any atom is 0.326 e. The molecular weight excluding hydrogens is 680 g/mol. The second-order valence-electron chi connectivity index (χ2n) is 13.1. The predicted molar refractivity (Wildman–Crippen MR) is 187 cm³/mol. The minimum atomic E-state index is -1.73. The second-order valence-corrected chi connectivity index (χ2v) is 13.1. The lowest BCUT2D eigenvalue weighted by Crippen LogP contribution is -2.60. The van der Waals surface area contributed by atoms with Gasteiger partial charge in [-0.3, -0.25) is 33.6 Å². The number of carboxylic acids is 2. The lowest BCUT2D eigenvalue weighted by atomic mass is 10.0. The molecule has 2 rings (SSSR count). The molecule has 0 saturated carbocycles. The van der Waals surface area contributed by atoms with Crippen LogP contribution in [0.4, 0.5) is 0 Å². The number of likely N-dealkylation sites (tertiary alicyclic amines) is 1. The van der Waals surface area contributed by atoms with E-state index in [4.69, 9.17) is 17.2 Å². The standard InChI is InChI=1S/C34H52N8O10/c1-19(2)28(41-29(46)21(36)17-20-9-4-3-5-10-20)32(49)40-24(18-27(44)45)30(47)38-22(13-14-26(37)43)33(50)42-16-8-12-25(42)31(48)39-23(34(51)52)11-6-7-15-35/h3-5,9-10,19,21-25,28H,6-8,11-18,35-36H2,1-2H3,(H2,37,43)(H,38,47)(H,39,48)(H,40,49)(H,41,46)(H,44,45)(H,51,52)/t21-,22-,23-,24-,25-,28-/m0/s1. The largest absolute Gasteiger partial charge is 0.481 e. The molecule has 1 aliphatic rings. The summed E-state index contributed by atoms with van der Waals surface area (Å²) in [6.45, 7) is 3.67. The highest BCUT2D eigenvalue weighted by atomic mass is 16.4. The van der Waals surface area contributed by atoms with Crippen LogP contribution in [0.15, 0.2) is 30.3 Å². The van der Waals surface area contributed by atoms with Gasteiger partial charge < -0.3 is 53.6 Å². The van der Waals surface area contributed by atoms with E-state index in [-0.39, 0.29) is 38.6 Å². The highest BCUT2D eigenvalue weighted by Gasteiger charge is 2.40. The van der Waals surface area contributed by atoms with Gasteiger partial charge >= 0.3 is 11.9 Å². The summed E-state index contributed by atoms with van der Waals surface area (Å²) in [7, 11) is 0. The van der Waals surface area contributed by atoms with Crippen LogP contribution >= 0.6 is 0 Å². The van der Waals surface area contributed by atoms with Crippen LogP contribution in [0.2, 0.25) is 0 Å². The zero-order valence-electron chi connectivity index (χ0n) is 29.5. The molecule has 1 fully saturated rings. The smallest absolute Gasteiger partial charge is 0.326 e. The molecule has 0 aromatic heterocycles. The van der Waals surface area contributed by atoms with E-state index in [9.17, 15) is 48.6 Å². The fraction of sp³-hybridized carbons (Fsp3) is 0.588. The molecule has 0 spiro atoms. The maximum atomic E-state index is 13.8. The molecule has 1 aromatic carbocycles. The van der Waals surface area contributed by atoms with Gasteiger partial charge in [0.05, 0.1) is 12.5 Å². The van der Waals surface area contributed by atoms with Crippen molar-refractivity contribution < 1.29 is 48.6 Å². The molecule has 1 saturated heterocycles.